The van der Waals surface area contributed by atoms with Crippen LogP contribution in [0.2, 0.25) is 0 Å². The Kier molecular flexibility index (Phi) is 3.80. The number of H-pyrrole nitrogens is 1. The van der Waals surface area contributed by atoms with Crippen LogP contribution in [0.5, 0.6) is 0 Å². The third kappa shape index (κ3) is 2.65. The quantitative estimate of drug-likeness (QED) is 0.620. The second-order valence-electron chi connectivity index (χ2n) is 6.36. The van der Waals surface area contributed by atoms with E-state index in [1.165, 1.54) is 0 Å². The molecule has 0 spiro atoms. The summed E-state index contributed by atoms with van der Waals surface area (Å²) in [5.74, 6) is 0.349. The Morgan fingerprint density at radius 2 is 1.81 bits per heavy atom. The molecule has 0 aliphatic carbocycles. The van der Waals surface area contributed by atoms with Gasteiger partial charge in [-0.3, -0.25) is 9.59 Å². The summed E-state index contributed by atoms with van der Waals surface area (Å²) in [4.78, 5) is 33.9. The standard InChI is InChI=1S/C20H18N4O2/c1-23-11-15(13-7-4-6-10-17(13)23)20(26)24(2)12-18-21-16-9-5-3-8-14(16)19(25)22-18/h3-11H,12H2,1-2H3,(H,21,22,25). The summed E-state index contributed by atoms with van der Waals surface area (Å²) in [5.41, 5.74) is 2.06. The fourth-order valence-electron chi connectivity index (χ4n) is 3.22. The van der Waals surface area contributed by atoms with Crippen LogP contribution < -0.4 is 5.56 Å². The van der Waals surface area contributed by atoms with Gasteiger partial charge in [0, 0.05) is 31.2 Å². The highest BCUT2D eigenvalue weighted by Crippen LogP contribution is 2.21. The van der Waals surface area contributed by atoms with Gasteiger partial charge in [0.1, 0.15) is 5.82 Å². The molecule has 2 aromatic heterocycles. The monoisotopic (exact) mass is 346 g/mol. The van der Waals surface area contributed by atoms with E-state index in [9.17, 15) is 9.59 Å². The van der Waals surface area contributed by atoms with Crippen molar-refractivity contribution in [3.8, 4) is 0 Å². The first kappa shape index (κ1) is 16.1. The van der Waals surface area contributed by atoms with Crippen molar-refractivity contribution in [3.05, 3.63) is 76.5 Å². The Morgan fingerprint density at radius 3 is 2.62 bits per heavy atom. The Morgan fingerprint density at radius 1 is 1.12 bits per heavy atom. The summed E-state index contributed by atoms with van der Waals surface area (Å²) in [7, 11) is 3.63. The van der Waals surface area contributed by atoms with Crippen LogP contribution in [0.1, 0.15) is 16.2 Å². The van der Waals surface area contributed by atoms with Crippen LogP contribution in [0.3, 0.4) is 0 Å². The van der Waals surface area contributed by atoms with Gasteiger partial charge in [-0.05, 0) is 18.2 Å². The third-order valence-corrected chi connectivity index (χ3v) is 4.52. The molecular weight excluding hydrogens is 328 g/mol. The maximum absolute atomic E-state index is 12.9. The highest BCUT2D eigenvalue weighted by molar-refractivity contribution is 6.06. The second-order valence-corrected chi connectivity index (χ2v) is 6.36. The molecule has 0 atom stereocenters. The first-order valence-electron chi connectivity index (χ1n) is 8.32. The summed E-state index contributed by atoms with van der Waals surface area (Å²) < 4.78 is 1.94. The number of hydrogen-bond acceptors (Lipinski definition) is 3. The Bertz CT molecular complexity index is 1190. The molecule has 4 rings (SSSR count). The zero-order chi connectivity index (χ0) is 18.3. The predicted octanol–water partition coefficient (Wildman–Crippen LogP) is 2.69. The van der Waals surface area contributed by atoms with E-state index < -0.39 is 0 Å². The Balaban J connectivity index is 1.66. The van der Waals surface area contributed by atoms with E-state index in [4.69, 9.17) is 0 Å². The molecule has 6 heteroatoms. The van der Waals surface area contributed by atoms with Gasteiger partial charge in [-0.15, -0.1) is 0 Å². The van der Waals surface area contributed by atoms with Crippen molar-refractivity contribution in [3.63, 3.8) is 0 Å². The summed E-state index contributed by atoms with van der Waals surface area (Å²) in [6, 6.07) is 14.9. The molecule has 0 saturated carbocycles. The summed E-state index contributed by atoms with van der Waals surface area (Å²) >= 11 is 0. The first-order valence-corrected chi connectivity index (χ1v) is 8.32. The molecule has 0 radical (unpaired) electrons. The van der Waals surface area contributed by atoms with Gasteiger partial charge in [0.25, 0.3) is 11.5 Å². The summed E-state index contributed by atoms with van der Waals surface area (Å²) in [6.45, 7) is 0.224. The van der Waals surface area contributed by atoms with E-state index in [0.717, 1.165) is 10.9 Å². The van der Waals surface area contributed by atoms with Gasteiger partial charge in [0.15, 0.2) is 0 Å². The van der Waals surface area contributed by atoms with Gasteiger partial charge in [-0.2, -0.15) is 0 Å². The van der Waals surface area contributed by atoms with Crippen LogP contribution in [0.15, 0.2) is 59.5 Å². The van der Waals surface area contributed by atoms with Crippen LogP contribution in [0.4, 0.5) is 0 Å². The van der Waals surface area contributed by atoms with Crippen LogP contribution in [-0.4, -0.2) is 32.4 Å². The van der Waals surface area contributed by atoms with E-state index >= 15 is 0 Å². The van der Waals surface area contributed by atoms with Crippen molar-refractivity contribution in [2.75, 3.05) is 7.05 Å². The largest absolute Gasteiger partial charge is 0.350 e. The van der Waals surface area contributed by atoms with Crippen LogP contribution in [0.25, 0.3) is 21.8 Å². The molecule has 26 heavy (non-hydrogen) atoms. The maximum atomic E-state index is 12.9. The fourth-order valence-corrected chi connectivity index (χ4v) is 3.22. The number of nitrogens with one attached hydrogen (secondary N) is 1. The molecule has 0 unspecified atom stereocenters. The van der Waals surface area contributed by atoms with Crippen molar-refractivity contribution < 1.29 is 4.79 Å². The number of nitrogens with zero attached hydrogens (tertiary/aromatic N) is 3. The molecule has 130 valence electrons. The number of para-hydroxylation sites is 2. The zero-order valence-electron chi connectivity index (χ0n) is 14.6. The minimum Gasteiger partial charge on any atom is -0.350 e. The van der Waals surface area contributed by atoms with E-state index in [1.807, 2.05) is 48.1 Å². The zero-order valence-corrected chi connectivity index (χ0v) is 14.6. The molecular formula is C20H18N4O2. The molecule has 2 heterocycles. The van der Waals surface area contributed by atoms with Crippen molar-refractivity contribution in [1.29, 1.82) is 0 Å². The fraction of sp³-hybridized carbons (Fsp3) is 0.150. The van der Waals surface area contributed by atoms with Gasteiger partial charge >= 0.3 is 0 Å². The number of benzene rings is 2. The lowest BCUT2D eigenvalue weighted by Gasteiger charge is -2.16. The van der Waals surface area contributed by atoms with Crippen molar-refractivity contribution in [2.45, 2.75) is 6.54 Å². The second kappa shape index (κ2) is 6.15. The van der Waals surface area contributed by atoms with Crippen LogP contribution in [-0.2, 0) is 13.6 Å². The number of aromatic amines is 1. The minimum absolute atomic E-state index is 0.113. The molecule has 0 saturated heterocycles. The average Bonchev–Trinajstić information content (AvgIpc) is 2.98. The van der Waals surface area contributed by atoms with E-state index in [0.29, 0.717) is 22.3 Å². The topological polar surface area (TPSA) is 71.0 Å². The summed E-state index contributed by atoms with van der Waals surface area (Å²) in [6.07, 6.45) is 1.83. The molecule has 0 bridgehead atoms. The number of rotatable bonds is 3. The van der Waals surface area contributed by atoms with Gasteiger partial charge in [-0.1, -0.05) is 30.3 Å². The lowest BCUT2D eigenvalue weighted by Crippen LogP contribution is -2.28. The highest BCUT2D eigenvalue weighted by atomic mass is 16.2. The maximum Gasteiger partial charge on any atom is 0.258 e. The van der Waals surface area contributed by atoms with Crippen LogP contribution in [0, 0.1) is 0 Å². The molecule has 1 N–H and O–H groups in total. The Hall–Kier alpha value is -3.41. The smallest absolute Gasteiger partial charge is 0.258 e. The van der Waals surface area contributed by atoms with Crippen molar-refractivity contribution in [2.24, 2.45) is 7.05 Å². The lowest BCUT2D eigenvalue weighted by molar-refractivity contribution is 0.0783. The SMILES string of the molecule is CN(Cc1nc2ccccc2c(=O)[nH]1)C(=O)c1cn(C)c2ccccc12. The van der Waals surface area contributed by atoms with E-state index in [1.54, 1.807) is 30.1 Å². The van der Waals surface area contributed by atoms with Gasteiger partial charge in [0.2, 0.25) is 0 Å². The molecule has 6 nitrogen and oxygen atoms in total. The lowest BCUT2D eigenvalue weighted by atomic mass is 10.1. The number of carbonyl (C=O) groups excluding carboxylic acids is 1. The van der Waals surface area contributed by atoms with E-state index in [2.05, 4.69) is 9.97 Å². The number of amides is 1. The van der Waals surface area contributed by atoms with Crippen LogP contribution >= 0.6 is 0 Å². The molecule has 2 aromatic carbocycles. The molecule has 1 amide bonds. The molecule has 0 aliphatic heterocycles. The molecule has 4 aromatic rings. The van der Waals surface area contributed by atoms with Gasteiger partial charge < -0.3 is 14.5 Å². The minimum atomic E-state index is -0.198. The molecule has 0 fully saturated rings. The Labute approximate surface area is 149 Å². The summed E-state index contributed by atoms with van der Waals surface area (Å²) in [5, 5.41) is 1.45. The third-order valence-electron chi connectivity index (χ3n) is 4.52. The first-order chi connectivity index (χ1) is 12.5. The predicted molar refractivity (Wildman–Crippen MR) is 101 cm³/mol. The highest BCUT2D eigenvalue weighted by Gasteiger charge is 2.18. The average molecular weight is 346 g/mol. The number of aromatic nitrogens is 3. The number of carbonyl (C=O) groups is 1. The normalized spacial score (nSPS) is 11.2. The number of aryl methyl sites for hydroxylation is 1. The number of fused-ring (bicyclic) bond motifs is 2. The van der Waals surface area contributed by atoms with Crippen molar-refractivity contribution >= 4 is 27.7 Å². The molecule has 0 aliphatic rings. The van der Waals surface area contributed by atoms with E-state index in [-0.39, 0.29) is 18.0 Å². The number of hydrogen-bond donors (Lipinski definition) is 1. The van der Waals surface area contributed by atoms with Crippen molar-refractivity contribution in [1.82, 2.24) is 19.4 Å². The van der Waals surface area contributed by atoms with Gasteiger partial charge in [0.05, 0.1) is 23.0 Å². The van der Waals surface area contributed by atoms with Gasteiger partial charge in [-0.25, -0.2) is 4.98 Å².